The third kappa shape index (κ3) is 2.53. The molecular formula is C8H7BrF2O3S. The molecule has 0 fully saturated rings. The highest BCUT2D eigenvalue weighted by molar-refractivity contribution is 9.10. The van der Waals surface area contributed by atoms with Gasteiger partial charge in [0.05, 0.1) is 11.5 Å². The lowest BCUT2D eigenvalue weighted by atomic mass is 10.2. The first-order chi connectivity index (χ1) is 6.89. The highest BCUT2D eigenvalue weighted by Crippen LogP contribution is 2.25. The fourth-order valence-electron chi connectivity index (χ4n) is 1.05. The number of sulfone groups is 1. The van der Waals surface area contributed by atoms with Crippen LogP contribution in [-0.4, -0.2) is 19.3 Å². The fourth-order valence-corrected chi connectivity index (χ4v) is 2.39. The SMILES string of the molecule is O=S(=O)(c1ccc(Br)cc1CO)C(F)F. The molecule has 7 heteroatoms. The van der Waals surface area contributed by atoms with Gasteiger partial charge in [-0.3, -0.25) is 0 Å². The third-order valence-electron chi connectivity index (χ3n) is 1.73. The molecule has 0 saturated heterocycles. The Morgan fingerprint density at radius 2 is 2.00 bits per heavy atom. The molecule has 0 spiro atoms. The highest BCUT2D eigenvalue weighted by atomic mass is 79.9. The molecular weight excluding hydrogens is 294 g/mol. The van der Waals surface area contributed by atoms with Crippen molar-refractivity contribution in [3.8, 4) is 0 Å². The van der Waals surface area contributed by atoms with Crippen LogP contribution in [0.25, 0.3) is 0 Å². The summed E-state index contributed by atoms with van der Waals surface area (Å²) in [7, 11) is -4.65. The molecule has 1 N–H and O–H groups in total. The molecule has 0 aliphatic carbocycles. The Hall–Kier alpha value is -0.530. The van der Waals surface area contributed by atoms with Crippen LogP contribution < -0.4 is 0 Å². The van der Waals surface area contributed by atoms with Crippen molar-refractivity contribution in [1.29, 1.82) is 0 Å². The quantitative estimate of drug-likeness (QED) is 0.928. The number of hydrogen-bond acceptors (Lipinski definition) is 3. The number of aliphatic hydroxyl groups excluding tert-OH is 1. The van der Waals surface area contributed by atoms with Crippen LogP contribution in [-0.2, 0) is 16.4 Å². The van der Waals surface area contributed by atoms with E-state index in [0.717, 1.165) is 6.07 Å². The predicted octanol–water partition coefficient (Wildman–Crippen LogP) is 1.94. The topological polar surface area (TPSA) is 54.4 Å². The summed E-state index contributed by atoms with van der Waals surface area (Å²) in [4.78, 5) is -0.539. The van der Waals surface area contributed by atoms with E-state index in [1.54, 1.807) is 0 Å². The normalized spacial score (nSPS) is 12.1. The molecule has 15 heavy (non-hydrogen) atoms. The molecule has 0 radical (unpaired) electrons. The molecule has 0 unspecified atom stereocenters. The van der Waals surface area contributed by atoms with Gasteiger partial charge in [0.25, 0.3) is 0 Å². The van der Waals surface area contributed by atoms with Gasteiger partial charge in [-0.2, -0.15) is 8.78 Å². The summed E-state index contributed by atoms with van der Waals surface area (Å²) in [5.74, 6) is -3.48. The predicted molar refractivity (Wildman–Crippen MR) is 53.3 cm³/mol. The molecule has 0 amide bonds. The summed E-state index contributed by atoms with van der Waals surface area (Å²) in [5, 5.41) is 8.86. The zero-order chi connectivity index (χ0) is 11.6. The second-order valence-electron chi connectivity index (χ2n) is 2.72. The average molecular weight is 301 g/mol. The van der Waals surface area contributed by atoms with Crippen molar-refractivity contribution >= 4 is 25.8 Å². The Bertz CT molecular complexity index is 459. The molecule has 84 valence electrons. The van der Waals surface area contributed by atoms with Crippen molar-refractivity contribution in [1.82, 2.24) is 0 Å². The van der Waals surface area contributed by atoms with Crippen LogP contribution in [0.1, 0.15) is 5.56 Å². The van der Waals surface area contributed by atoms with E-state index in [-0.39, 0.29) is 5.56 Å². The first-order valence-electron chi connectivity index (χ1n) is 3.81. The minimum Gasteiger partial charge on any atom is -0.392 e. The Morgan fingerprint density at radius 1 is 1.40 bits per heavy atom. The maximum absolute atomic E-state index is 12.2. The molecule has 1 aromatic rings. The standard InChI is InChI=1S/C8H7BrF2O3S/c9-6-1-2-7(5(3-6)4-12)15(13,14)8(10)11/h1-3,8,12H,4H2. The summed E-state index contributed by atoms with van der Waals surface area (Å²) in [6.45, 7) is -0.610. The maximum Gasteiger partial charge on any atom is 0.341 e. The van der Waals surface area contributed by atoms with E-state index in [2.05, 4.69) is 15.9 Å². The van der Waals surface area contributed by atoms with E-state index in [0.29, 0.717) is 4.47 Å². The Morgan fingerprint density at radius 3 is 2.47 bits per heavy atom. The fraction of sp³-hybridized carbons (Fsp3) is 0.250. The van der Waals surface area contributed by atoms with Gasteiger partial charge in [-0.25, -0.2) is 8.42 Å². The number of rotatable bonds is 3. The molecule has 0 bridgehead atoms. The van der Waals surface area contributed by atoms with Crippen LogP contribution in [0.2, 0.25) is 0 Å². The maximum atomic E-state index is 12.2. The molecule has 0 aliphatic heterocycles. The molecule has 1 aromatic carbocycles. The number of hydrogen-bond donors (Lipinski definition) is 1. The van der Waals surface area contributed by atoms with E-state index in [1.165, 1.54) is 12.1 Å². The van der Waals surface area contributed by atoms with Gasteiger partial charge in [0.15, 0.2) is 0 Å². The van der Waals surface area contributed by atoms with Crippen LogP contribution in [0.5, 0.6) is 0 Å². The van der Waals surface area contributed by atoms with Crippen molar-refractivity contribution in [2.24, 2.45) is 0 Å². The lowest BCUT2D eigenvalue weighted by molar-refractivity contribution is 0.233. The van der Waals surface area contributed by atoms with E-state index in [1.807, 2.05) is 0 Å². The van der Waals surface area contributed by atoms with E-state index in [4.69, 9.17) is 5.11 Å². The van der Waals surface area contributed by atoms with E-state index < -0.39 is 27.1 Å². The molecule has 0 atom stereocenters. The summed E-state index contributed by atoms with van der Waals surface area (Å²) in [5.41, 5.74) is -0.0512. The van der Waals surface area contributed by atoms with Crippen molar-refractivity contribution in [3.05, 3.63) is 28.2 Å². The van der Waals surface area contributed by atoms with Crippen molar-refractivity contribution in [2.75, 3.05) is 0 Å². The van der Waals surface area contributed by atoms with E-state index in [9.17, 15) is 17.2 Å². The smallest absolute Gasteiger partial charge is 0.341 e. The average Bonchev–Trinajstić information content (AvgIpc) is 2.16. The highest BCUT2D eigenvalue weighted by Gasteiger charge is 2.28. The number of benzene rings is 1. The van der Waals surface area contributed by atoms with Gasteiger partial charge < -0.3 is 5.11 Å². The van der Waals surface area contributed by atoms with Crippen LogP contribution in [0.3, 0.4) is 0 Å². The second kappa shape index (κ2) is 4.54. The number of alkyl halides is 2. The first kappa shape index (κ1) is 12.5. The summed E-state index contributed by atoms with van der Waals surface area (Å²) >= 11 is 3.05. The van der Waals surface area contributed by atoms with E-state index >= 15 is 0 Å². The van der Waals surface area contributed by atoms with Crippen molar-refractivity contribution < 1.29 is 22.3 Å². The van der Waals surface area contributed by atoms with Crippen molar-refractivity contribution in [3.63, 3.8) is 0 Å². The van der Waals surface area contributed by atoms with Gasteiger partial charge in [0.2, 0.25) is 9.84 Å². The number of halogens is 3. The molecule has 0 aromatic heterocycles. The second-order valence-corrected chi connectivity index (χ2v) is 5.52. The van der Waals surface area contributed by atoms with Gasteiger partial charge in [-0.05, 0) is 23.8 Å². The number of aliphatic hydroxyl groups is 1. The van der Waals surface area contributed by atoms with Crippen molar-refractivity contribution in [2.45, 2.75) is 17.3 Å². The minimum atomic E-state index is -4.65. The Balaban J connectivity index is 3.38. The zero-order valence-corrected chi connectivity index (χ0v) is 9.72. The Kier molecular flexibility index (Phi) is 3.80. The zero-order valence-electron chi connectivity index (χ0n) is 7.32. The Labute approximate surface area is 93.8 Å². The summed E-state index contributed by atoms with van der Waals surface area (Å²) < 4.78 is 47.3. The van der Waals surface area contributed by atoms with Gasteiger partial charge in [-0.1, -0.05) is 15.9 Å². The largest absolute Gasteiger partial charge is 0.392 e. The lowest BCUT2D eigenvalue weighted by Crippen LogP contribution is -2.13. The lowest BCUT2D eigenvalue weighted by Gasteiger charge is -2.08. The molecule has 1 rings (SSSR count). The van der Waals surface area contributed by atoms with Gasteiger partial charge in [-0.15, -0.1) is 0 Å². The third-order valence-corrected chi connectivity index (χ3v) is 3.71. The van der Waals surface area contributed by atoms with Crippen LogP contribution >= 0.6 is 15.9 Å². The van der Waals surface area contributed by atoms with Crippen LogP contribution in [0.15, 0.2) is 27.6 Å². The van der Waals surface area contributed by atoms with Gasteiger partial charge in [0.1, 0.15) is 0 Å². The molecule has 3 nitrogen and oxygen atoms in total. The summed E-state index contributed by atoms with van der Waals surface area (Å²) in [6.07, 6.45) is 0. The van der Waals surface area contributed by atoms with Crippen LogP contribution in [0, 0.1) is 0 Å². The summed E-state index contributed by atoms with van der Waals surface area (Å²) in [6, 6.07) is 3.65. The minimum absolute atomic E-state index is 0.0512. The molecule has 0 heterocycles. The molecule has 0 aliphatic rings. The molecule has 0 saturated carbocycles. The van der Waals surface area contributed by atoms with Gasteiger partial charge in [0, 0.05) is 4.47 Å². The van der Waals surface area contributed by atoms with Crippen LogP contribution in [0.4, 0.5) is 8.78 Å². The monoisotopic (exact) mass is 300 g/mol. The van der Waals surface area contributed by atoms with Gasteiger partial charge >= 0.3 is 5.76 Å². The first-order valence-corrected chi connectivity index (χ1v) is 6.15.